The molecule has 20 heavy (non-hydrogen) atoms. The Bertz CT molecular complexity index is 504. The highest BCUT2D eigenvalue weighted by atomic mass is 16.6. The number of nitrogens with two attached hydrogens (primary N) is 1. The third-order valence-corrected chi connectivity index (χ3v) is 2.73. The van der Waals surface area contributed by atoms with Crippen molar-refractivity contribution in [2.45, 2.75) is 19.4 Å². The molecule has 8 nitrogen and oxygen atoms in total. The van der Waals surface area contributed by atoms with E-state index in [1.165, 1.54) is 6.07 Å². The van der Waals surface area contributed by atoms with Crippen LogP contribution in [0.15, 0.2) is 12.3 Å². The summed E-state index contributed by atoms with van der Waals surface area (Å²) in [6.45, 7) is 2.65. The van der Waals surface area contributed by atoms with E-state index in [2.05, 4.69) is 10.3 Å². The maximum absolute atomic E-state index is 12.1. The Labute approximate surface area is 117 Å². The van der Waals surface area contributed by atoms with Crippen LogP contribution in [0.5, 0.6) is 0 Å². The van der Waals surface area contributed by atoms with Crippen LogP contribution in [-0.2, 0) is 0 Å². The number of nitrogens with zero attached hydrogens (tertiary/aromatic N) is 3. The third-order valence-electron chi connectivity index (χ3n) is 2.73. The molecule has 0 aromatic carbocycles. The summed E-state index contributed by atoms with van der Waals surface area (Å²) in [6.07, 6.45) is 1.74. The minimum Gasteiger partial charge on any atom is -0.384 e. The van der Waals surface area contributed by atoms with E-state index in [0.717, 1.165) is 19.2 Å². The van der Waals surface area contributed by atoms with Crippen molar-refractivity contribution in [2.24, 2.45) is 0 Å². The van der Waals surface area contributed by atoms with Gasteiger partial charge in [-0.25, -0.2) is 4.98 Å². The lowest BCUT2D eigenvalue weighted by molar-refractivity contribution is -0.385. The SMILES string of the molecule is CC(CCN(C)C)NC(=O)c1cc(N)ncc1[N+](=O)[O-]. The van der Waals surface area contributed by atoms with Gasteiger partial charge >= 0.3 is 0 Å². The highest BCUT2D eigenvalue weighted by Gasteiger charge is 2.22. The van der Waals surface area contributed by atoms with Crippen LogP contribution in [0.3, 0.4) is 0 Å². The first kappa shape index (κ1) is 15.8. The lowest BCUT2D eigenvalue weighted by Gasteiger charge is -2.16. The normalized spacial score (nSPS) is 12.2. The van der Waals surface area contributed by atoms with Crippen molar-refractivity contribution in [3.05, 3.63) is 27.9 Å². The maximum Gasteiger partial charge on any atom is 0.300 e. The average molecular weight is 281 g/mol. The molecule has 0 aliphatic heterocycles. The van der Waals surface area contributed by atoms with Gasteiger partial charge in [0.05, 0.1) is 4.92 Å². The first-order valence-electron chi connectivity index (χ1n) is 6.16. The Balaban J connectivity index is 2.81. The number of rotatable bonds is 6. The Morgan fingerprint density at radius 3 is 2.80 bits per heavy atom. The summed E-state index contributed by atoms with van der Waals surface area (Å²) < 4.78 is 0. The molecule has 110 valence electrons. The predicted molar refractivity (Wildman–Crippen MR) is 75.4 cm³/mol. The van der Waals surface area contributed by atoms with Crippen LogP contribution >= 0.6 is 0 Å². The van der Waals surface area contributed by atoms with Gasteiger partial charge in [-0.15, -0.1) is 0 Å². The summed E-state index contributed by atoms with van der Waals surface area (Å²) in [5.41, 5.74) is 5.05. The summed E-state index contributed by atoms with van der Waals surface area (Å²) in [5, 5.41) is 13.6. The summed E-state index contributed by atoms with van der Waals surface area (Å²) in [7, 11) is 3.87. The van der Waals surface area contributed by atoms with Crippen LogP contribution < -0.4 is 11.1 Å². The van der Waals surface area contributed by atoms with Gasteiger partial charge in [0.25, 0.3) is 11.6 Å². The van der Waals surface area contributed by atoms with Gasteiger partial charge in [-0.3, -0.25) is 14.9 Å². The number of anilines is 1. The van der Waals surface area contributed by atoms with Crippen LogP contribution in [0.4, 0.5) is 11.5 Å². The third kappa shape index (κ3) is 4.47. The second-order valence-electron chi connectivity index (χ2n) is 4.85. The number of pyridine rings is 1. The Hall–Kier alpha value is -2.22. The van der Waals surface area contributed by atoms with Gasteiger partial charge in [-0.05, 0) is 40.1 Å². The van der Waals surface area contributed by atoms with Crippen molar-refractivity contribution in [1.29, 1.82) is 0 Å². The van der Waals surface area contributed by atoms with E-state index in [-0.39, 0.29) is 23.1 Å². The number of hydrogen-bond acceptors (Lipinski definition) is 6. The molecular weight excluding hydrogens is 262 g/mol. The van der Waals surface area contributed by atoms with Gasteiger partial charge in [0, 0.05) is 6.04 Å². The molecular formula is C12H19N5O3. The fourth-order valence-corrected chi connectivity index (χ4v) is 1.62. The standard InChI is InChI=1S/C12H19N5O3/c1-8(4-5-16(2)3)15-12(18)9-6-11(13)14-7-10(9)17(19)20/h6-8H,4-5H2,1-3H3,(H2,13,14)(H,15,18). The van der Waals surface area contributed by atoms with Crippen molar-refractivity contribution < 1.29 is 9.72 Å². The minimum atomic E-state index is -0.647. The summed E-state index contributed by atoms with van der Waals surface area (Å²) in [6, 6.07) is 1.12. The molecule has 0 bridgehead atoms. The van der Waals surface area contributed by atoms with Crippen molar-refractivity contribution in [1.82, 2.24) is 15.2 Å². The minimum absolute atomic E-state index is 0.0702. The monoisotopic (exact) mass is 281 g/mol. The van der Waals surface area contributed by atoms with Gasteiger partial charge in [0.2, 0.25) is 0 Å². The number of nitrogens with one attached hydrogen (secondary N) is 1. The van der Waals surface area contributed by atoms with E-state index < -0.39 is 10.8 Å². The van der Waals surface area contributed by atoms with E-state index in [9.17, 15) is 14.9 Å². The van der Waals surface area contributed by atoms with Gasteiger partial charge in [-0.1, -0.05) is 0 Å². The molecule has 0 spiro atoms. The quantitative estimate of drug-likeness (QED) is 0.584. The van der Waals surface area contributed by atoms with Crippen LogP contribution in [0.25, 0.3) is 0 Å². The molecule has 0 aliphatic rings. The topological polar surface area (TPSA) is 114 Å². The number of amides is 1. The van der Waals surface area contributed by atoms with Crippen molar-refractivity contribution in [3.8, 4) is 0 Å². The zero-order valence-corrected chi connectivity index (χ0v) is 11.8. The second-order valence-corrected chi connectivity index (χ2v) is 4.85. The highest BCUT2D eigenvalue weighted by molar-refractivity contribution is 5.98. The molecule has 1 atom stereocenters. The van der Waals surface area contributed by atoms with E-state index in [1.807, 2.05) is 25.9 Å². The zero-order chi connectivity index (χ0) is 15.3. The Kier molecular flexibility index (Phi) is 5.39. The molecule has 3 N–H and O–H groups in total. The molecule has 1 rings (SSSR count). The molecule has 1 aromatic rings. The number of nitrogen functional groups attached to an aromatic ring is 1. The van der Waals surface area contributed by atoms with Crippen LogP contribution in [0.1, 0.15) is 23.7 Å². The first-order valence-corrected chi connectivity index (χ1v) is 6.16. The molecule has 1 aromatic heterocycles. The van der Waals surface area contributed by atoms with Gasteiger partial charge in [0.1, 0.15) is 17.6 Å². The molecule has 0 aliphatic carbocycles. The van der Waals surface area contributed by atoms with E-state index >= 15 is 0 Å². The fourth-order valence-electron chi connectivity index (χ4n) is 1.62. The van der Waals surface area contributed by atoms with Gasteiger partial charge in [0.15, 0.2) is 0 Å². The first-order chi connectivity index (χ1) is 9.31. The summed E-state index contributed by atoms with van der Waals surface area (Å²) in [4.78, 5) is 27.9. The number of carbonyl (C=O) groups excluding carboxylic acids is 1. The summed E-state index contributed by atoms with van der Waals surface area (Å²) >= 11 is 0. The predicted octanol–water partition coefficient (Wildman–Crippen LogP) is 0.642. The number of aromatic nitrogens is 1. The molecule has 0 radical (unpaired) electrons. The van der Waals surface area contributed by atoms with E-state index in [0.29, 0.717) is 0 Å². The van der Waals surface area contributed by atoms with Crippen LogP contribution in [0.2, 0.25) is 0 Å². The molecule has 0 fully saturated rings. The van der Waals surface area contributed by atoms with Crippen LogP contribution in [0, 0.1) is 10.1 Å². The highest BCUT2D eigenvalue weighted by Crippen LogP contribution is 2.19. The number of carbonyl (C=O) groups is 1. The van der Waals surface area contributed by atoms with E-state index in [1.54, 1.807) is 0 Å². The molecule has 1 amide bonds. The van der Waals surface area contributed by atoms with Gasteiger partial charge in [-0.2, -0.15) is 0 Å². The molecule has 0 saturated carbocycles. The van der Waals surface area contributed by atoms with Crippen molar-refractivity contribution >= 4 is 17.4 Å². The molecule has 1 heterocycles. The molecule has 0 saturated heterocycles. The Morgan fingerprint density at radius 1 is 1.60 bits per heavy atom. The number of nitro groups is 1. The Morgan fingerprint density at radius 2 is 2.25 bits per heavy atom. The van der Waals surface area contributed by atoms with Crippen molar-refractivity contribution in [2.75, 3.05) is 26.4 Å². The lowest BCUT2D eigenvalue weighted by Crippen LogP contribution is -2.35. The maximum atomic E-state index is 12.1. The average Bonchev–Trinajstić information content (AvgIpc) is 2.35. The largest absolute Gasteiger partial charge is 0.384 e. The summed E-state index contributed by atoms with van der Waals surface area (Å²) in [5.74, 6) is -0.446. The van der Waals surface area contributed by atoms with Crippen LogP contribution in [-0.4, -0.2) is 47.4 Å². The number of hydrogen-bond donors (Lipinski definition) is 2. The molecule has 1 unspecified atom stereocenters. The zero-order valence-electron chi connectivity index (χ0n) is 11.8. The lowest BCUT2D eigenvalue weighted by atomic mass is 10.1. The van der Waals surface area contributed by atoms with Crippen molar-refractivity contribution in [3.63, 3.8) is 0 Å². The van der Waals surface area contributed by atoms with Gasteiger partial charge < -0.3 is 16.0 Å². The fraction of sp³-hybridized carbons (Fsp3) is 0.500. The van der Waals surface area contributed by atoms with E-state index in [4.69, 9.17) is 5.73 Å². The molecule has 8 heteroatoms. The second kappa shape index (κ2) is 6.80. The smallest absolute Gasteiger partial charge is 0.300 e.